The Labute approximate surface area is 148 Å². The fourth-order valence-corrected chi connectivity index (χ4v) is 2.96. The molecular formula is C15H10ClF6N3O. The van der Waals surface area contributed by atoms with E-state index in [1.807, 2.05) is 0 Å². The molecule has 1 aliphatic heterocycles. The van der Waals surface area contributed by atoms with Crippen molar-refractivity contribution >= 4 is 17.5 Å². The summed E-state index contributed by atoms with van der Waals surface area (Å²) in [6, 6.07) is 2.94. The van der Waals surface area contributed by atoms with Crippen LogP contribution in [0.25, 0.3) is 0 Å². The van der Waals surface area contributed by atoms with Crippen molar-refractivity contribution in [3.05, 3.63) is 52.1 Å². The quantitative estimate of drug-likeness (QED) is 0.675. The van der Waals surface area contributed by atoms with Crippen LogP contribution in [0.2, 0.25) is 5.02 Å². The van der Waals surface area contributed by atoms with Gasteiger partial charge in [0.15, 0.2) is 5.69 Å². The van der Waals surface area contributed by atoms with Crippen LogP contribution in [-0.4, -0.2) is 26.9 Å². The van der Waals surface area contributed by atoms with Gasteiger partial charge in [-0.25, -0.2) is 4.98 Å². The molecule has 0 bridgehead atoms. The number of rotatable bonds is 1. The van der Waals surface area contributed by atoms with E-state index in [2.05, 4.69) is 4.98 Å². The summed E-state index contributed by atoms with van der Waals surface area (Å²) in [5.41, 5.74) is -2.60. The van der Waals surface area contributed by atoms with Gasteiger partial charge in [-0.2, -0.15) is 26.3 Å². The number of amides is 1. The Balaban J connectivity index is 1.88. The van der Waals surface area contributed by atoms with E-state index < -0.39 is 34.5 Å². The molecule has 0 radical (unpaired) electrons. The number of carbonyl (C=O) groups is 1. The number of halogens is 7. The van der Waals surface area contributed by atoms with E-state index in [9.17, 15) is 31.1 Å². The maximum Gasteiger partial charge on any atom is 0.434 e. The van der Waals surface area contributed by atoms with Crippen LogP contribution in [0.4, 0.5) is 26.3 Å². The third kappa shape index (κ3) is 3.37. The number of carbonyl (C=O) groups excluding carboxylic acids is 1. The first-order valence-electron chi connectivity index (χ1n) is 7.26. The maximum atomic E-state index is 12.9. The third-order valence-electron chi connectivity index (χ3n) is 3.91. The van der Waals surface area contributed by atoms with E-state index in [-0.39, 0.29) is 31.0 Å². The Hall–Kier alpha value is -2.23. The Morgan fingerprint density at radius 1 is 1.08 bits per heavy atom. The summed E-state index contributed by atoms with van der Waals surface area (Å²) in [7, 11) is 0. The van der Waals surface area contributed by atoms with Gasteiger partial charge in [0.25, 0.3) is 5.91 Å². The zero-order valence-electron chi connectivity index (χ0n) is 12.8. The van der Waals surface area contributed by atoms with Crippen LogP contribution < -0.4 is 0 Å². The molecular weight excluding hydrogens is 388 g/mol. The molecule has 0 saturated heterocycles. The van der Waals surface area contributed by atoms with Crippen LogP contribution in [0.3, 0.4) is 0 Å². The van der Waals surface area contributed by atoms with E-state index in [0.29, 0.717) is 0 Å². The second-order valence-electron chi connectivity index (χ2n) is 5.63. The largest absolute Gasteiger partial charge is 0.434 e. The van der Waals surface area contributed by atoms with Crippen molar-refractivity contribution in [2.75, 3.05) is 6.54 Å². The van der Waals surface area contributed by atoms with Crippen molar-refractivity contribution in [2.45, 2.75) is 25.4 Å². The van der Waals surface area contributed by atoms with E-state index in [1.54, 1.807) is 0 Å². The summed E-state index contributed by atoms with van der Waals surface area (Å²) in [5, 5.41) is -0.741. The molecule has 3 rings (SSSR count). The first-order valence-corrected chi connectivity index (χ1v) is 7.64. The lowest BCUT2D eigenvalue weighted by Gasteiger charge is -2.28. The summed E-state index contributed by atoms with van der Waals surface area (Å²) in [4.78, 5) is 17.1. The van der Waals surface area contributed by atoms with Crippen LogP contribution in [0.15, 0.2) is 24.4 Å². The fourth-order valence-electron chi connectivity index (χ4n) is 2.65. The third-order valence-corrected chi connectivity index (χ3v) is 4.32. The second-order valence-corrected chi connectivity index (χ2v) is 6.00. The van der Waals surface area contributed by atoms with Crippen molar-refractivity contribution in [3.63, 3.8) is 0 Å². The Bertz CT molecular complexity index is 858. The van der Waals surface area contributed by atoms with Gasteiger partial charge < -0.3 is 9.47 Å². The van der Waals surface area contributed by atoms with Gasteiger partial charge in [-0.05, 0) is 12.1 Å². The molecule has 140 valence electrons. The summed E-state index contributed by atoms with van der Waals surface area (Å²) in [5.74, 6) is -0.802. The predicted octanol–water partition coefficient (Wildman–Crippen LogP) is 4.23. The smallest absolute Gasteiger partial charge is 0.331 e. The molecule has 4 nitrogen and oxygen atoms in total. The summed E-state index contributed by atoms with van der Waals surface area (Å²) in [6.07, 6.45) is -8.51. The van der Waals surface area contributed by atoms with Crippen molar-refractivity contribution in [1.29, 1.82) is 0 Å². The molecule has 2 heterocycles. The van der Waals surface area contributed by atoms with Crippen LogP contribution in [0.1, 0.15) is 27.4 Å². The molecule has 0 saturated carbocycles. The minimum absolute atomic E-state index is 0.0000217. The minimum atomic E-state index is -4.73. The van der Waals surface area contributed by atoms with Crippen LogP contribution in [0, 0.1) is 0 Å². The molecule has 2 aromatic rings. The van der Waals surface area contributed by atoms with Gasteiger partial charge in [-0.1, -0.05) is 17.7 Å². The molecule has 1 aliphatic rings. The molecule has 0 spiro atoms. The standard InChI is InChI=1S/C15H10ClF6N3O/c16-12-8(2-1-3-9(12)14(17,18)19)13(26)25-5-4-24-6-10(15(20,21)22)23-11(24)7-25/h1-3,6H,4-5,7H2. The number of hydrogen-bond donors (Lipinski definition) is 0. The average molecular weight is 398 g/mol. The van der Waals surface area contributed by atoms with Gasteiger partial charge in [0.05, 0.1) is 22.7 Å². The predicted molar refractivity (Wildman–Crippen MR) is 78.4 cm³/mol. The molecule has 0 N–H and O–H groups in total. The zero-order chi connectivity index (χ0) is 19.3. The number of hydrogen-bond acceptors (Lipinski definition) is 2. The Morgan fingerprint density at radius 3 is 2.38 bits per heavy atom. The first-order chi connectivity index (χ1) is 12.0. The van der Waals surface area contributed by atoms with Crippen molar-refractivity contribution < 1.29 is 31.1 Å². The van der Waals surface area contributed by atoms with Gasteiger partial charge in [0, 0.05) is 19.3 Å². The average Bonchev–Trinajstić information content (AvgIpc) is 2.96. The van der Waals surface area contributed by atoms with Gasteiger partial charge >= 0.3 is 12.4 Å². The zero-order valence-corrected chi connectivity index (χ0v) is 13.6. The van der Waals surface area contributed by atoms with Gasteiger partial charge in [-0.3, -0.25) is 4.79 Å². The van der Waals surface area contributed by atoms with Crippen LogP contribution in [0.5, 0.6) is 0 Å². The molecule has 0 aliphatic carbocycles. The molecule has 0 fully saturated rings. The lowest BCUT2D eigenvalue weighted by molar-refractivity contribution is -0.141. The maximum absolute atomic E-state index is 12.9. The van der Waals surface area contributed by atoms with Crippen molar-refractivity contribution in [3.8, 4) is 0 Å². The lowest BCUT2D eigenvalue weighted by Crippen LogP contribution is -2.38. The molecule has 1 aromatic carbocycles. The summed E-state index contributed by atoms with van der Waals surface area (Å²) >= 11 is 5.73. The number of aromatic nitrogens is 2. The molecule has 0 atom stereocenters. The highest BCUT2D eigenvalue weighted by molar-refractivity contribution is 6.34. The molecule has 26 heavy (non-hydrogen) atoms. The van der Waals surface area contributed by atoms with Crippen molar-refractivity contribution in [1.82, 2.24) is 14.5 Å². The number of benzene rings is 1. The minimum Gasteiger partial charge on any atom is -0.331 e. The van der Waals surface area contributed by atoms with E-state index >= 15 is 0 Å². The number of nitrogens with zero attached hydrogens (tertiary/aromatic N) is 3. The Kier molecular flexibility index (Phi) is 4.41. The molecule has 11 heteroatoms. The topological polar surface area (TPSA) is 38.1 Å². The van der Waals surface area contributed by atoms with Crippen LogP contribution >= 0.6 is 11.6 Å². The van der Waals surface area contributed by atoms with E-state index in [0.717, 1.165) is 29.3 Å². The van der Waals surface area contributed by atoms with Gasteiger partial charge in [0.2, 0.25) is 0 Å². The normalized spacial score (nSPS) is 15.1. The van der Waals surface area contributed by atoms with Crippen molar-refractivity contribution in [2.24, 2.45) is 0 Å². The monoisotopic (exact) mass is 397 g/mol. The summed E-state index contributed by atoms with van der Waals surface area (Å²) < 4.78 is 78.2. The molecule has 1 aromatic heterocycles. The van der Waals surface area contributed by atoms with Gasteiger partial charge in [-0.15, -0.1) is 0 Å². The van der Waals surface area contributed by atoms with E-state index in [1.165, 1.54) is 4.57 Å². The highest BCUT2D eigenvalue weighted by Crippen LogP contribution is 2.37. The van der Waals surface area contributed by atoms with Gasteiger partial charge in [0.1, 0.15) is 5.82 Å². The molecule has 1 amide bonds. The Morgan fingerprint density at radius 2 is 1.77 bits per heavy atom. The summed E-state index contributed by atoms with van der Waals surface area (Å²) in [6.45, 7) is -0.200. The highest BCUT2D eigenvalue weighted by Gasteiger charge is 2.37. The molecule has 0 unspecified atom stereocenters. The fraction of sp³-hybridized carbons (Fsp3) is 0.333. The number of fused-ring (bicyclic) bond motifs is 1. The number of imidazole rings is 1. The first kappa shape index (κ1) is 18.6. The SMILES string of the molecule is O=C(c1cccc(C(F)(F)F)c1Cl)N1CCn2cc(C(F)(F)F)nc2C1. The van der Waals surface area contributed by atoms with E-state index in [4.69, 9.17) is 11.6 Å². The number of alkyl halides is 6. The highest BCUT2D eigenvalue weighted by atomic mass is 35.5. The second kappa shape index (κ2) is 6.19. The lowest BCUT2D eigenvalue weighted by atomic mass is 10.1. The van der Waals surface area contributed by atoms with Crippen LogP contribution in [-0.2, 0) is 25.4 Å².